The number of rotatable bonds is 4. The van der Waals surface area contributed by atoms with Gasteiger partial charge in [-0.2, -0.15) is 0 Å². The average molecular weight is 290 g/mol. The van der Waals surface area contributed by atoms with Gasteiger partial charge in [0, 0.05) is 6.54 Å². The Hall–Kier alpha value is -2.07. The Morgan fingerprint density at radius 3 is 2.65 bits per heavy atom. The van der Waals surface area contributed by atoms with E-state index in [9.17, 15) is 4.79 Å². The van der Waals surface area contributed by atoms with E-state index in [2.05, 4.69) is 17.2 Å². The third-order valence-corrected chi connectivity index (χ3v) is 3.33. The number of hydrogen-bond acceptors (Lipinski definition) is 3. The van der Waals surface area contributed by atoms with Crippen LogP contribution in [0.25, 0.3) is 0 Å². The highest BCUT2D eigenvalue weighted by atomic mass is 35.5. The largest absolute Gasteiger partial charge is 0.384 e. The number of nitrogens with zero attached hydrogens (tertiary/aromatic N) is 1. The van der Waals surface area contributed by atoms with E-state index < -0.39 is 0 Å². The number of nitrogens with one attached hydrogen (secondary N) is 1. The van der Waals surface area contributed by atoms with Crippen LogP contribution in [0.2, 0.25) is 5.02 Å². The minimum atomic E-state index is -0.326. The fourth-order valence-corrected chi connectivity index (χ4v) is 2.14. The smallest absolute Gasteiger partial charge is 0.271 e. The van der Waals surface area contributed by atoms with E-state index in [-0.39, 0.29) is 17.4 Å². The Morgan fingerprint density at radius 1 is 1.25 bits per heavy atom. The molecule has 104 valence electrons. The van der Waals surface area contributed by atoms with E-state index >= 15 is 0 Å². The number of amides is 1. The van der Waals surface area contributed by atoms with Crippen LogP contribution < -0.4 is 11.1 Å². The molecule has 2 rings (SSSR count). The highest BCUT2D eigenvalue weighted by molar-refractivity contribution is 6.33. The van der Waals surface area contributed by atoms with Crippen molar-refractivity contribution < 1.29 is 4.79 Å². The monoisotopic (exact) mass is 289 g/mol. The molecule has 0 radical (unpaired) electrons. The van der Waals surface area contributed by atoms with Crippen molar-refractivity contribution in [1.29, 1.82) is 0 Å². The summed E-state index contributed by atoms with van der Waals surface area (Å²) < 4.78 is 0. The van der Waals surface area contributed by atoms with Crippen molar-refractivity contribution >= 4 is 23.3 Å². The predicted octanol–water partition coefficient (Wildman–Crippen LogP) is 2.81. The molecule has 0 unspecified atom stereocenters. The number of pyridine rings is 1. The molecule has 1 aromatic heterocycles. The molecule has 0 spiro atoms. The molecule has 0 atom stereocenters. The summed E-state index contributed by atoms with van der Waals surface area (Å²) in [5, 5.41) is 3.11. The van der Waals surface area contributed by atoms with Gasteiger partial charge in [0.2, 0.25) is 0 Å². The van der Waals surface area contributed by atoms with Crippen molar-refractivity contribution in [3.05, 3.63) is 58.2 Å². The molecule has 1 amide bonds. The molecule has 0 aliphatic carbocycles. The van der Waals surface area contributed by atoms with Crippen LogP contribution in [-0.4, -0.2) is 10.9 Å². The number of anilines is 1. The zero-order chi connectivity index (χ0) is 14.5. The summed E-state index contributed by atoms with van der Waals surface area (Å²) in [6.45, 7) is 2.52. The van der Waals surface area contributed by atoms with E-state index in [0.29, 0.717) is 11.6 Å². The Bertz CT molecular complexity index is 628. The van der Waals surface area contributed by atoms with E-state index in [1.807, 2.05) is 24.3 Å². The van der Waals surface area contributed by atoms with Crippen LogP contribution in [-0.2, 0) is 13.0 Å². The lowest BCUT2D eigenvalue weighted by Gasteiger charge is -2.10. The maximum absolute atomic E-state index is 12.1. The Morgan fingerprint density at radius 2 is 1.95 bits per heavy atom. The molecule has 0 saturated carbocycles. The van der Waals surface area contributed by atoms with E-state index in [1.54, 1.807) is 12.1 Å². The molecule has 4 nitrogen and oxygen atoms in total. The third-order valence-electron chi connectivity index (χ3n) is 3.02. The standard InChI is InChI=1S/C15H16ClN3O/c1-2-10-5-3-4-6-11(10)9-18-15(20)14-12(16)7-8-13(17)19-14/h3-8H,2,9H2,1H3,(H2,17,19)(H,18,20). The van der Waals surface area contributed by atoms with Gasteiger partial charge in [0.15, 0.2) is 0 Å². The number of hydrogen-bond donors (Lipinski definition) is 2. The average Bonchev–Trinajstić information content (AvgIpc) is 2.47. The number of halogens is 1. The van der Waals surface area contributed by atoms with Crippen molar-refractivity contribution in [3.8, 4) is 0 Å². The first-order valence-corrected chi connectivity index (χ1v) is 6.76. The minimum Gasteiger partial charge on any atom is -0.384 e. The van der Waals surface area contributed by atoms with Gasteiger partial charge in [0.25, 0.3) is 5.91 Å². The molecule has 0 aliphatic heterocycles. The van der Waals surface area contributed by atoms with Gasteiger partial charge in [-0.3, -0.25) is 4.79 Å². The van der Waals surface area contributed by atoms with Crippen LogP contribution in [0.5, 0.6) is 0 Å². The molecule has 1 aromatic carbocycles. The van der Waals surface area contributed by atoms with Crippen LogP contribution in [0.1, 0.15) is 28.5 Å². The summed E-state index contributed by atoms with van der Waals surface area (Å²) in [6.07, 6.45) is 0.920. The predicted molar refractivity (Wildman–Crippen MR) is 80.6 cm³/mol. The molecule has 2 aromatic rings. The Kier molecular flexibility index (Phi) is 4.58. The maximum Gasteiger partial charge on any atom is 0.271 e. The Balaban J connectivity index is 2.11. The molecule has 5 heteroatoms. The van der Waals surface area contributed by atoms with Gasteiger partial charge < -0.3 is 11.1 Å². The van der Waals surface area contributed by atoms with E-state index in [1.165, 1.54) is 5.56 Å². The van der Waals surface area contributed by atoms with E-state index in [4.69, 9.17) is 17.3 Å². The zero-order valence-corrected chi connectivity index (χ0v) is 11.9. The summed E-state index contributed by atoms with van der Waals surface area (Å²) in [5.41, 5.74) is 8.02. The van der Waals surface area contributed by atoms with Crippen molar-refractivity contribution in [2.45, 2.75) is 19.9 Å². The molecule has 3 N–H and O–H groups in total. The first-order chi connectivity index (χ1) is 9.61. The summed E-state index contributed by atoms with van der Waals surface area (Å²) in [6, 6.07) is 11.1. The molecule has 0 bridgehead atoms. The Labute approximate surface area is 123 Å². The van der Waals surface area contributed by atoms with Crippen LogP contribution >= 0.6 is 11.6 Å². The van der Waals surface area contributed by atoms with Gasteiger partial charge in [-0.05, 0) is 29.7 Å². The fourth-order valence-electron chi connectivity index (χ4n) is 1.95. The van der Waals surface area contributed by atoms with Crippen LogP contribution in [0.15, 0.2) is 36.4 Å². The quantitative estimate of drug-likeness (QED) is 0.909. The number of aryl methyl sites for hydroxylation is 1. The van der Waals surface area contributed by atoms with Crippen molar-refractivity contribution in [3.63, 3.8) is 0 Å². The molecule has 20 heavy (non-hydrogen) atoms. The van der Waals surface area contributed by atoms with Crippen molar-refractivity contribution in [2.24, 2.45) is 0 Å². The summed E-state index contributed by atoms with van der Waals surface area (Å²) in [5.74, 6) is -0.0540. The highest BCUT2D eigenvalue weighted by Crippen LogP contribution is 2.15. The number of carbonyl (C=O) groups excluding carboxylic acids is 1. The number of carbonyl (C=O) groups is 1. The van der Waals surface area contributed by atoms with Gasteiger partial charge in [0.1, 0.15) is 11.5 Å². The molecular weight excluding hydrogens is 274 g/mol. The van der Waals surface area contributed by atoms with Crippen LogP contribution in [0, 0.1) is 0 Å². The van der Waals surface area contributed by atoms with Gasteiger partial charge in [0.05, 0.1) is 5.02 Å². The first kappa shape index (κ1) is 14.3. The van der Waals surface area contributed by atoms with Gasteiger partial charge >= 0.3 is 0 Å². The topological polar surface area (TPSA) is 68.0 Å². The lowest BCUT2D eigenvalue weighted by Crippen LogP contribution is -2.25. The van der Waals surface area contributed by atoms with Crippen LogP contribution in [0.4, 0.5) is 5.82 Å². The fraction of sp³-hybridized carbons (Fsp3) is 0.200. The van der Waals surface area contributed by atoms with Crippen molar-refractivity contribution in [2.75, 3.05) is 5.73 Å². The van der Waals surface area contributed by atoms with Gasteiger partial charge in [-0.25, -0.2) is 4.98 Å². The number of benzene rings is 1. The molecule has 0 fully saturated rings. The second-order valence-corrected chi connectivity index (χ2v) is 4.78. The molecular formula is C15H16ClN3O. The normalized spacial score (nSPS) is 10.3. The first-order valence-electron chi connectivity index (χ1n) is 6.38. The maximum atomic E-state index is 12.1. The second kappa shape index (κ2) is 6.39. The van der Waals surface area contributed by atoms with Gasteiger partial charge in [-0.15, -0.1) is 0 Å². The number of nitrogen functional groups attached to an aromatic ring is 1. The summed E-state index contributed by atoms with van der Waals surface area (Å²) >= 11 is 5.95. The van der Waals surface area contributed by atoms with Crippen molar-refractivity contribution in [1.82, 2.24) is 10.3 Å². The molecule has 0 aliphatic rings. The lowest BCUT2D eigenvalue weighted by atomic mass is 10.1. The van der Waals surface area contributed by atoms with Gasteiger partial charge in [-0.1, -0.05) is 42.8 Å². The SMILES string of the molecule is CCc1ccccc1CNC(=O)c1nc(N)ccc1Cl. The molecule has 1 heterocycles. The second-order valence-electron chi connectivity index (χ2n) is 4.37. The molecule has 0 saturated heterocycles. The number of aromatic nitrogens is 1. The van der Waals surface area contributed by atoms with E-state index in [0.717, 1.165) is 12.0 Å². The summed E-state index contributed by atoms with van der Waals surface area (Å²) in [4.78, 5) is 16.0. The highest BCUT2D eigenvalue weighted by Gasteiger charge is 2.12. The van der Waals surface area contributed by atoms with Crippen LogP contribution in [0.3, 0.4) is 0 Å². The zero-order valence-electron chi connectivity index (χ0n) is 11.2. The lowest BCUT2D eigenvalue weighted by molar-refractivity contribution is 0.0946. The number of nitrogens with two attached hydrogens (primary N) is 1. The summed E-state index contributed by atoms with van der Waals surface area (Å²) in [7, 11) is 0. The minimum absolute atomic E-state index is 0.153. The third kappa shape index (κ3) is 3.27.